The quantitative estimate of drug-likeness (QED) is 0.246. The first-order valence-electron chi connectivity index (χ1n) is 11.3. The topological polar surface area (TPSA) is 38.8 Å². The highest BCUT2D eigenvalue weighted by Crippen LogP contribution is 2.46. The Kier molecular flexibility index (Phi) is 7.09. The fraction of sp³-hybridized carbons (Fsp3) is 0.179. The highest BCUT2D eigenvalue weighted by Gasteiger charge is 2.35. The molecule has 1 heterocycles. The van der Waals surface area contributed by atoms with E-state index in [1.165, 1.54) is 0 Å². The highest BCUT2D eigenvalue weighted by molar-refractivity contribution is 8.00. The number of ether oxygens (including phenoxy) is 2. The zero-order valence-electron chi connectivity index (χ0n) is 19.0. The minimum atomic E-state index is -0.229. The number of hydrogen-bond acceptors (Lipinski definition) is 4. The maximum atomic E-state index is 12.8. The smallest absolute Gasteiger partial charge is 0.238 e. The van der Waals surface area contributed by atoms with Gasteiger partial charge in [-0.15, -0.1) is 11.8 Å². The standard InChI is InChI=1S/C28H23Cl2NO3S/c1-2-33-25-15-20(28-31(26(32)17-35-28)22-12-10-21(29)11-13-22)14-24(30)27(25)34-16-19-8-5-7-18-6-3-4-9-23(18)19/h3-15,28H,2,16-17H2,1H3/t28-/m1/s1. The Morgan fingerprint density at radius 2 is 1.74 bits per heavy atom. The van der Waals surface area contributed by atoms with Crippen LogP contribution in [0.2, 0.25) is 10.0 Å². The molecule has 0 unspecified atom stereocenters. The van der Waals surface area contributed by atoms with Gasteiger partial charge in [-0.25, -0.2) is 0 Å². The zero-order chi connectivity index (χ0) is 24.4. The van der Waals surface area contributed by atoms with Gasteiger partial charge in [-0.1, -0.05) is 65.7 Å². The Balaban J connectivity index is 1.46. The number of benzene rings is 4. The molecule has 4 aromatic carbocycles. The number of thioether (sulfide) groups is 1. The summed E-state index contributed by atoms with van der Waals surface area (Å²) in [5.74, 6) is 1.48. The Morgan fingerprint density at radius 1 is 0.971 bits per heavy atom. The molecule has 1 fully saturated rings. The summed E-state index contributed by atoms with van der Waals surface area (Å²) in [6.45, 7) is 2.74. The van der Waals surface area contributed by atoms with Gasteiger partial charge in [0, 0.05) is 10.7 Å². The molecular weight excluding hydrogens is 501 g/mol. The molecule has 0 aliphatic carbocycles. The van der Waals surface area contributed by atoms with Crippen molar-refractivity contribution in [2.24, 2.45) is 0 Å². The summed E-state index contributed by atoms with van der Waals surface area (Å²) in [7, 11) is 0. The average Bonchev–Trinajstić information content (AvgIpc) is 3.25. The molecule has 1 aliphatic rings. The molecule has 1 atom stereocenters. The maximum absolute atomic E-state index is 12.8. The molecule has 0 N–H and O–H groups in total. The predicted octanol–water partition coefficient (Wildman–Crippen LogP) is 7.90. The van der Waals surface area contributed by atoms with E-state index in [-0.39, 0.29) is 11.3 Å². The van der Waals surface area contributed by atoms with Crippen LogP contribution in [0.15, 0.2) is 78.9 Å². The van der Waals surface area contributed by atoms with Gasteiger partial charge in [0.2, 0.25) is 5.91 Å². The molecule has 0 aromatic heterocycles. The molecule has 4 aromatic rings. The Bertz CT molecular complexity index is 1370. The zero-order valence-corrected chi connectivity index (χ0v) is 21.4. The van der Waals surface area contributed by atoms with Crippen LogP contribution in [0.3, 0.4) is 0 Å². The van der Waals surface area contributed by atoms with Crippen molar-refractivity contribution in [3.05, 3.63) is 100 Å². The van der Waals surface area contributed by atoms with E-state index in [1.807, 2.05) is 49.4 Å². The van der Waals surface area contributed by atoms with Gasteiger partial charge < -0.3 is 9.47 Å². The van der Waals surface area contributed by atoms with Gasteiger partial charge in [0.15, 0.2) is 11.5 Å². The number of hydrogen-bond donors (Lipinski definition) is 0. The van der Waals surface area contributed by atoms with E-state index in [4.69, 9.17) is 32.7 Å². The summed E-state index contributed by atoms with van der Waals surface area (Å²) in [6.07, 6.45) is 0. The van der Waals surface area contributed by atoms with Crippen molar-refractivity contribution in [1.82, 2.24) is 0 Å². The lowest BCUT2D eigenvalue weighted by atomic mass is 10.1. The van der Waals surface area contributed by atoms with E-state index >= 15 is 0 Å². The Hall–Kier alpha value is -2.86. The Labute approximate surface area is 218 Å². The third-order valence-electron chi connectivity index (χ3n) is 5.84. The van der Waals surface area contributed by atoms with Crippen molar-refractivity contribution in [1.29, 1.82) is 0 Å². The summed E-state index contributed by atoms with van der Waals surface area (Å²) >= 11 is 14.4. The monoisotopic (exact) mass is 523 g/mol. The molecule has 1 amide bonds. The van der Waals surface area contributed by atoms with Crippen LogP contribution in [0.25, 0.3) is 10.8 Å². The normalized spacial score (nSPS) is 15.6. The van der Waals surface area contributed by atoms with Gasteiger partial charge in [0.1, 0.15) is 12.0 Å². The minimum absolute atomic E-state index is 0.0349. The number of carbonyl (C=O) groups is 1. The van der Waals surface area contributed by atoms with Crippen LogP contribution in [0.1, 0.15) is 23.4 Å². The predicted molar refractivity (Wildman–Crippen MR) is 145 cm³/mol. The number of halogens is 2. The SMILES string of the molecule is CCOc1cc([C@H]2SCC(=O)N2c2ccc(Cl)cc2)cc(Cl)c1OCc1cccc2ccccc12. The van der Waals surface area contributed by atoms with Crippen molar-refractivity contribution < 1.29 is 14.3 Å². The van der Waals surface area contributed by atoms with E-state index in [9.17, 15) is 4.79 Å². The van der Waals surface area contributed by atoms with Crippen LogP contribution in [0.5, 0.6) is 11.5 Å². The lowest BCUT2D eigenvalue weighted by molar-refractivity contribution is -0.115. The molecule has 4 nitrogen and oxygen atoms in total. The molecule has 1 saturated heterocycles. The molecule has 0 spiro atoms. The lowest BCUT2D eigenvalue weighted by Gasteiger charge is -2.25. The fourth-order valence-corrected chi connectivity index (χ4v) is 5.81. The van der Waals surface area contributed by atoms with Crippen molar-refractivity contribution in [2.75, 3.05) is 17.3 Å². The fourth-order valence-electron chi connectivity index (χ4n) is 4.25. The van der Waals surface area contributed by atoms with Crippen LogP contribution in [0, 0.1) is 0 Å². The van der Waals surface area contributed by atoms with E-state index in [2.05, 4.69) is 24.3 Å². The molecule has 7 heteroatoms. The molecule has 0 bridgehead atoms. The molecule has 1 aliphatic heterocycles. The maximum Gasteiger partial charge on any atom is 0.238 e. The van der Waals surface area contributed by atoms with Crippen molar-refractivity contribution in [2.45, 2.75) is 18.9 Å². The van der Waals surface area contributed by atoms with Crippen LogP contribution < -0.4 is 14.4 Å². The van der Waals surface area contributed by atoms with Crippen molar-refractivity contribution in [3.8, 4) is 11.5 Å². The second kappa shape index (κ2) is 10.4. The summed E-state index contributed by atoms with van der Waals surface area (Å²) < 4.78 is 12.2. The van der Waals surface area contributed by atoms with E-state index in [0.29, 0.717) is 40.5 Å². The third-order valence-corrected chi connectivity index (χ3v) is 7.59. The van der Waals surface area contributed by atoms with Crippen LogP contribution in [-0.2, 0) is 11.4 Å². The van der Waals surface area contributed by atoms with E-state index in [0.717, 1.165) is 27.6 Å². The van der Waals surface area contributed by atoms with Gasteiger partial charge in [0.25, 0.3) is 0 Å². The van der Waals surface area contributed by atoms with E-state index in [1.54, 1.807) is 28.8 Å². The summed E-state index contributed by atoms with van der Waals surface area (Å²) in [5.41, 5.74) is 2.73. The minimum Gasteiger partial charge on any atom is -0.490 e. The van der Waals surface area contributed by atoms with Gasteiger partial charge in [0.05, 0.1) is 17.4 Å². The van der Waals surface area contributed by atoms with Crippen molar-refractivity contribution in [3.63, 3.8) is 0 Å². The molecule has 35 heavy (non-hydrogen) atoms. The molecule has 0 radical (unpaired) electrons. The second-order valence-corrected chi connectivity index (χ2v) is 10.0. The second-order valence-electron chi connectivity index (χ2n) is 8.09. The van der Waals surface area contributed by atoms with Crippen LogP contribution >= 0.6 is 35.0 Å². The summed E-state index contributed by atoms with van der Waals surface area (Å²) in [6, 6.07) is 25.4. The molecule has 0 saturated carbocycles. The van der Waals surface area contributed by atoms with Gasteiger partial charge in [-0.3, -0.25) is 9.69 Å². The van der Waals surface area contributed by atoms with Gasteiger partial charge >= 0.3 is 0 Å². The average molecular weight is 524 g/mol. The summed E-state index contributed by atoms with van der Waals surface area (Å²) in [4.78, 5) is 14.5. The Morgan fingerprint density at radius 3 is 2.54 bits per heavy atom. The van der Waals surface area contributed by atoms with Crippen LogP contribution in [-0.4, -0.2) is 18.3 Å². The number of nitrogens with zero attached hydrogens (tertiary/aromatic N) is 1. The largest absolute Gasteiger partial charge is 0.490 e. The molecular formula is C28H23Cl2NO3S. The highest BCUT2D eigenvalue weighted by atomic mass is 35.5. The van der Waals surface area contributed by atoms with Gasteiger partial charge in [-0.2, -0.15) is 0 Å². The van der Waals surface area contributed by atoms with E-state index < -0.39 is 0 Å². The number of carbonyl (C=O) groups excluding carboxylic acids is 1. The van der Waals surface area contributed by atoms with Gasteiger partial charge in [-0.05, 0) is 65.2 Å². The summed E-state index contributed by atoms with van der Waals surface area (Å²) in [5, 5.41) is 3.14. The first-order chi connectivity index (χ1) is 17.0. The molecule has 178 valence electrons. The number of rotatable bonds is 7. The number of anilines is 1. The van der Waals surface area contributed by atoms with Crippen molar-refractivity contribution >= 4 is 57.3 Å². The number of amides is 1. The third kappa shape index (κ3) is 4.94. The lowest BCUT2D eigenvalue weighted by Crippen LogP contribution is -2.27. The van der Waals surface area contributed by atoms with Crippen LogP contribution in [0.4, 0.5) is 5.69 Å². The molecule has 5 rings (SSSR count). The first kappa shape index (κ1) is 23.9. The first-order valence-corrected chi connectivity index (χ1v) is 13.1. The number of fused-ring (bicyclic) bond motifs is 1.